The zero-order valence-electron chi connectivity index (χ0n) is 15.0. The van der Waals surface area contributed by atoms with Crippen LogP contribution in [0.5, 0.6) is 5.75 Å². The number of thiophene rings is 1. The van der Waals surface area contributed by atoms with Crippen molar-refractivity contribution in [3.63, 3.8) is 0 Å². The number of benzene rings is 1. The molecule has 0 saturated carbocycles. The van der Waals surface area contributed by atoms with Crippen LogP contribution in [0.15, 0.2) is 41.8 Å². The van der Waals surface area contributed by atoms with E-state index < -0.39 is 0 Å². The lowest BCUT2D eigenvalue weighted by atomic mass is 10.3. The highest BCUT2D eigenvalue weighted by atomic mass is 32.1. The molecule has 136 valence electrons. The number of thiazole rings is 1. The van der Waals surface area contributed by atoms with E-state index in [1.54, 1.807) is 29.4 Å². The van der Waals surface area contributed by atoms with Crippen LogP contribution in [0.1, 0.15) is 4.88 Å². The number of carbonyl (C=O) groups excluding carboxylic acids is 1. The number of aromatic nitrogens is 1. The average molecular weight is 388 g/mol. The molecule has 7 heteroatoms. The highest BCUT2D eigenvalue weighted by Crippen LogP contribution is 2.34. The summed E-state index contributed by atoms with van der Waals surface area (Å²) in [5.74, 6) is 0.650. The first-order valence-electron chi connectivity index (χ1n) is 8.20. The molecule has 1 amide bonds. The van der Waals surface area contributed by atoms with Crippen molar-refractivity contribution < 1.29 is 9.53 Å². The molecule has 26 heavy (non-hydrogen) atoms. The van der Waals surface area contributed by atoms with Gasteiger partial charge in [0.1, 0.15) is 11.3 Å². The molecule has 0 aliphatic heterocycles. The molecule has 5 nitrogen and oxygen atoms in total. The summed E-state index contributed by atoms with van der Waals surface area (Å²) < 4.78 is 6.40. The Morgan fingerprint density at radius 2 is 2.08 bits per heavy atom. The number of methoxy groups -OCH3 is 1. The minimum atomic E-state index is -0.0710. The number of carbonyl (C=O) groups is 1. The van der Waals surface area contributed by atoms with Gasteiger partial charge in [-0.25, -0.2) is 4.98 Å². The van der Waals surface area contributed by atoms with Gasteiger partial charge >= 0.3 is 0 Å². The van der Waals surface area contributed by atoms with Crippen LogP contribution >= 0.6 is 22.7 Å². The lowest BCUT2D eigenvalue weighted by Gasteiger charge is -2.20. The van der Waals surface area contributed by atoms with Crippen molar-refractivity contribution >= 4 is 50.0 Å². The van der Waals surface area contributed by atoms with Crippen LogP contribution in [0.4, 0.5) is 5.13 Å². The summed E-state index contributed by atoms with van der Waals surface area (Å²) in [6.07, 6.45) is 3.47. The van der Waals surface area contributed by atoms with E-state index in [-0.39, 0.29) is 5.91 Å². The second-order valence-corrected chi connectivity index (χ2v) is 7.93. The fourth-order valence-electron chi connectivity index (χ4n) is 2.42. The van der Waals surface area contributed by atoms with Crippen molar-refractivity contribution in [1.29, 1.82) is 0 Å². The number of ether oxygens (including phenoxy) is 1. The third kappa shape index (κ3) is 4.30. The van der Waals surface area contributed by atoms with Crippen LogP contribution in [0.3, 0.4) is 0 Å². The molecule has 2 aromatic heterocycles. The van der Waals surface area contributed by atoms with Gasteiger partial charge in [0.15, 0.2) is 5.13 Å². The predicted molar refractivity (Wildman–Crippen MR) is 110 cm³/mol. The number of amides is 1. The molecule has 1 aromatic carbocycles. The van der Waals surface area contributed by atoms with Crippen LogP contribution in [-0.2, 0) is 4.79 Å². The van der Waals surface area contributed by atoms with Gasteiger partial charge in [-0.1, -0.05) is 23.5 Å². The molecule has 0 bridgehead atoms. The SMILES string of the molecule is COc1cccc2sc(N(CCN(C)C)C(=O)/C=C/c3cccs3)nc12. The topological polar surface area (TPSA) is 45.7 Å². The zero-order chi connectivity index (χ0) is 18.5. The molecule has 0 unspecified atom stereocenters. The van der Waals surface area contributed by atoms with Crippen molar-refractivity contribution in [1.82, 2.24) is 9.88 Å². The van der Waals surface area contributed by atoms with Gasteiger partial charge in [-0.3, -0.25) is 9.69 Å². The molecule has 0 aliphatic carbocycles. The Labute approximate surface area is 161 Å². The Bertz CT molecular complexity index is 901. The maximum Gasteiger partial charge on any atom is 0.252 e. The summed E-state index contributed by atoms with van der Waals surface area (Å²) in [5, 5.41) is 2.68. The predicted octanol–water partition coefficient (Wildman–Crippen LogP) is 3.97. The normalized spacial score (nSPS) is 11.5. The van der Waals surface area contributed by atoms with Crippen LogP contribution in [-0.4, -0.2) is 50.1 Å². The van der Waals surface area contributed by atoms with E-state index in [0.29, 0.717) is 11.7 Å². The van der Waals surface area contributed by atoms with Gasteiger partial charge in [0.25, 0.3) is 5.91 Å². The quantitative estimate of drug-likeness (QED) is 0.576. The number of likely N-dealkylation sites (N-methyl/N-ethyl adjacent to an activating group) is 1. The Kier molecular flexibility index (Phi) is 6.03. The van der Waals surface area contributed by atoms with E-state index >= 15 is 0 Å². The summed E-state index contributed by atoms with van der Waals surface area (Å²) in [4.78, 5) is 22.4. The third-order valence-corrected chi connectivity index (χ3v) is 5.67. The third-order valence-electron chi connectivity index (χ3n) is 3.79. The van der Waals surface area contributed by atoms with Gasteiger partial charge < -0.3 is 9.64 Å². The maximum absolute atomic E-state index is 12.8. The van der Waals surface area contributed by atoms with Gasteiger partial charge in [-0.2, -0.15) is 0 Å². The molecular formula is C19H21N3O2S2. The van der Waals surface area contributed by atoms with E-state index in [0.717, 1.165) is 27.4 Å². The lowest BCUT2D eigenvalue weighted by Crippen LogP contribution is -2.35. The highest BCUT2D eigenvalue weighted by Gasteiger charge is 2.19. The van der Waals surface area contributed by atoms with E-state index in [9.17, 15) is 4.79 Å². The molecule has 0 spiro atoms. The Morgan fingerprint density at radius 1 is 1.23 bits per heavy atom. The number of hydrogen-bond donors (Lipinski definition) is 0. The monoisotopic (exact) mass is 387 g/mol. The van der Waals surface area contributed by atoms with Gasteiger partial charge in [-0.05, 0) is 43.8 Å². The molecule has 0 saturated heterocycles. The minimum Gasteiger partial charge on any atom is -0.494 e. The van der Waals surface area contributed by atoms with Crippen molar-refractivity contribution in [2.45, 2.75) is 0 Å². The molecule has 3 aromatic rings. The Hall–Kier alpha value is -2.22. The lowest BCUT2D eigenvalue weighted by molar-refractivity contribution is -0.114. The first-order chi connectivity index (χ1) is 12.6. The Balaban J connectivity index is 1.91. The first kappa shape index (κ1) is 18.6. The van der Waals surface area contributed by atoms with E-state index in [4.69, 9.17) is 4.74 Å². The van der Waals surface area contributed by atoms with Crippen molar-refractivity contribution in [2.75, 3.05) is 39.2 Å². The second-order valence-electron chi connectivity index (χ2n) is 5.95. The fraction of sp³-hybridized carbons (Fsp3) is 0.263. The molecule has 0 fully saturated rings. The largest absolute Gasteiger partial charge is 0.494 e. The van der Waals surface area contributed by atoms with Gasteiger partial charge in [0.2, 0.25) is 0 Å². The average Bonchev–Trinajstić information content (AvgIpc) is 3.28. The van der Waals surface area contributed by atoms with Gasteiger partial charge in [0, 0.05) is 24.0 Å². The summed E-state index contributed by atoms with van der Waals surface area (Å²) in [6.45, 7) is 1.33. The molecule has 3 rings (SSSR count). The number of rotatable bonds is 7. The smallest absolute Gasteiger partial charge is 0.252 e. The van der Waals surface area contributed by atoms with Crippen LogP contribution < -0.4 is 9.64 Å². The maximum atomic E-state index is 12.8. The molecule has 0 atom stereocenters. The molecule has 0 N–H and O–H groups in total. The van der Waals surface area contributed by atoms with Crippen molar-refractivity contribution in [2.24, 2.45) is 0 Å². The molecule has 0 radical (unpaired) electrons. The van der Waals surface area contributed by atoms with Crippen molar-refractivity contribution in [3.8, 4) is 5.75 Å². The number of nitrogens with zero attached hydrogens (tertiary/aromatic N) is 3. The zero-order valence-corrected chi connectivity index (χ0v) is 16.6. The van der Waals surface area contributed by atoms with Gasteiger partial charge in [-0.15, -0.1) is 11.3 Å². The second kappa shape index (κ2) is 8.44. The first-order valence-corrected chi connectivity index (χ1v) is 9.89. The molecule has 0 aliphatic rings. The van der Waals surface area contributed by atoms with Crippen LogP contribution in [0.2, 0.25) is 0 Å². The standard InChI is InChI=1S/C19H21N3O2S2/c1-21(2)11-12-22(17(23)10-9-14-6-5-13-25-14)19-20-18-15(24-3)7-4-8-16(18)26-19/h4-10,13H,11-12H2,1-3H3/b10-9+. The number of hydrogen-bond acceptors (Lipinski definition) is 6. The minimum absolute atomic E-state index is 0.0710. The summed E-state index contributed by atoms with van der Waals surface area (Å²) in [7, 11) is 5.61. The summed E-state index contributed by atoms with van der Waals surface area (Å²) in [6, 6.07) is 9.77. The fourth-order valence-corrected chi connectivity index (χ4v) is 4.05. The van der Waals surface area contributed by atoms with Crippen LogP contribution in [0.25, 0.3) is 16.3 Å². The van der Waals surface area contributed by atoms with Crippen molar-refractivity contribution in [3.05, 3.63) is 46.7 Å². The van der Waals surface area contributed by atoms with Crippen LogP contribution in [0, 0.1) is 0 Å². The van der Waals surface area contributed by atoms with E-state index in [1.807, 2.05) is 55.9 Å². The number of para-hydroxylation sites is 1. The number of anilines is 1. The summed E-state index contributed by atoms with van der Waals surface area (Å²) >= 11 is 3.11. The number of fused-ring (bicyclic) bond motifs is 1. The molecular weight excluding hydrogens is 366 g/mol. The highest BCUT2D eigenvalue weighted by molar-refractivity contribution is 7.22. The van der Waals surface area contributed by atoms with E-state index in [1.165, 1.54) is 11.3 Å². The van der Waals surface area contributed by atoms with E-state index in [2.05, 4.69) is 9.88 Å². The summed E-state index contributed by atoms with van der Waals surface area (Å²) in [5.41, 5.74) is 0.792. The molecule has 2 heterocycles. The Morgan fingerprint density at radius 3 is 2.77 bits per heavy atom. The van der Waals surface area contributed by atoms with Gasteiger partial charge in [0.05, 0.1) is 11.8 Å².